The Morgan fingerprint density at radius 2 is 1.25 bits per heavy atom. The summed E-state index contributed by atoms with van der Waals surface area (Å²) >= 11 is 0. The van der Waals surface area contributed by atoms with Crippen LogP contribution in [0.3, 0.4) is 0 Å². The van der Waals surface area contributed by atoms with Crippen LogP contribution in [0.1, 0.15) is 0 Å². The number of ketones is 1. The van der Waals surface area contributed by atoms with Gasteiger partial charge in [0.15, 0.2) is 5.78 Å². The van der Waals surface area contributed by atoms with Crippen molar-refractivity contribution in [2.75, 3.05) is 0 Å². The largest absolute Gasteiger partial charge is 0.294 e. The van der Waals surface area contributed by atoms with Gasteiger partial charge in [-0.05, 0) is 12.2 Å². The van der Waals surface area contributed by atoms with Gasteiger partial charge < -0.3 is 0 Å². The van der Waals surface area contributed by atoms with E-state index >= 15 is 0 Å². The van der Waals surface area contributed by atoms with Gasteiger partial charge >= 0.3 is 0 Å². The van der Waals surface area contributed by atoms with E-state index in [1.165, 1.54) is 0 Å². The van der Waals surface area contributed by atoms with Crippen LogP contribution in [0.2, 0.25) is 0 Å². The Labute approximate surface area is 94.3 Å². The molecule has 2 atom stereocenters. The third kappa shape index (κ3) is 2.51. The topological polar surface area (TPSA) is 41.8 Å². The first kappa shape index (κ1) is 10.5. The Hall–Kier alpha value is -2.03. The van der Waals surface area contributed by atoms with Crippen molar-refractivity contribution in [3.8, 4) is 0 Å². The number of carbonyl (C=O) groups excluding carboxylic acids is 1. The van der Waals surface area contributed by atoms with E-state index in [1.54, 1.807) is 36.7 Å². The lowest BCUT2D eigenvalue weighted by Crippen LogP contribution is -2.27. The molecule has 3 nitrogen and oxygen atoms in total. The van der Waals surface area contributed by atoms with Crippen molar-refractivity contribution in [2.45, 2.75) is 12.1 Å². The fraction of sp³-hybridized carbons (Fsp3) is 0.154. The van der Waals surface area contributed by atoms with Crippen molar-refractivity contribution in [2.24, 2.45) is 9.98 Å². The van der Waals surface area contributed by atoms with Gasteiger partial charge in [-0.25, -0.2) is 0 Å². The van der Waals surface area contributed by atoms with E-state index in [-0.39, 0.29) is 5.78 Å². The second kappa shape index (κ2) is 5.16. The highest BCUT2D eigenvalue weighted by Crippen LogP contribution is 2.08. The van der Waals surface area contributed by atoms with E-state index in [9.17, 15) is 4.79 Å². The Bertz CT molecular complexity index is 367. The molecule has 0 saturated heterocycles. The smallest absolute Gasteiger partial charge is 0.189 e. The number of hydrogen-bond acceptors (Lipinski definition) is 3. The average molecular weight is 212 g/mol. The maximum Gasteiger partial charge on any atom is 0.189 e. The number of aliphatic imine (C=N–C) groups is 2. The van der Waals surface area contributed by atoms with Crippen LogP contribution < -0.4 is 0 Å². The lowest BCUT2D eigenvalue weighted by molar-refractivity contribution is -0.119. The van der Waals surface area contributed by atoms with Crippen molar-refractivity contribution in [3.05, 3.63) is 48.6 Å². The standard InChI is InChI=1S/C13H12N2O/c16-13(11-7-3-1-5-9-14-11)12-8-4-2-6-10-15-12/h1-12H. The number of carbonyl (C=O) groups is 1. The van der Waals surface area contributed by atoms with Crippen molar-refractivity contribution < 1.29 is 4.79 Å². The highest BCUT2D eigenvalue weighted by atomic mass is 16.1. The molecule has 2 heterocycles. The number of rotatable bonds is 2. The van der Waals surface area contributed by atoms with Gasteiger partial charge in [0.1, 0.15) is 12.1 Å². The van der Waals surface area contributed by atoms with Crippen LogP contribution in [0.15, 0.2) is 58.6 Å². The normalized spacial score (nSPS) is 26.8. The van der Waals surface area contributed by atoms with Crippen LogP contribution >= 0.6 is 0 Å². The van der Waals surface area contributed by atoms with Gasteiger partial charge in [-0.2, -0.15) is 0 Å². The third-order valence-electron chi connectivity index (χ3n) is 2.28. The molecule has 0 radical (unpaired) electrons. The van der Waals surface area contributed by atoms with Crippen LogP contribution in [0.25, 0.3) is 0 Å². The first-order valence-electron chi connectivity index (χ1n) is 5.15. The van der Waals surface area contributed by atoms with Crippen LogP contribution in [0.4, 0.5) is 0 Å². The maximum atomic E-state index is 12.1. The summed E-state index contributed by atoms with van der Waals surface area (Å²) in [6.45, 7) is 0. The van der Waals surface area contributed by atoms with Crippen LogP contribution in [0, 0.1) is 0 Å². The van der Waals surface area contributed by atoms with Gasteiger partial charge in [0.05, 0.1) is 0 Å². The number of allylic oxidation sites excluding steroid dienone is 6. The minimum atomic E-state index is -0.431. The van der Waals surface area contributed by atoms with E-state index in [4.69, 9.17) is 0 Å². The highest BCUT2D eigenvalue weighted by molar-refractivity contribution is 5.95. The predicted octanol–water partition coefficient (Wildman–Crippen LogP) is 1.69. The second-order valence-corrected chi connectivity index (χ2v) is 3.43. The minimum Gasteiger partial charge on any atom is -0.294 e. The monoisotopic (exact) mass is 212 g/mol. The molecule has 0 aliphatic carbocycles. The van der Waals surface area contributed by atoms with E-state index < -0.39 is 12.1 Å². The minimum absolute atomic E-state index is 0.00704. The van der Waals surface area contributed by atoms with Gasteiger partial charge in [0.2, 0.25) is 0 Å². The molecule has 2 aliphatic rings. The van der Waals surface area contributed by atoms with Crippen molar-refractivity contribution in [3.63, 3.8) is 0 Å². The molecule has 16 heavy (non-hydrogen) atoms. The molecule has 80 valence electrons. The first-order chi connectivity index (χ1) is 7.88. The highest BCUT2D eigenvalue weighted by Gasteiger charge is 2.21. The molecular weight excluding hydrogens is 200 g/mol. The van der Waals surface area contributed by atoms with Gasteiger partial charge in [-0.3, -0.25) is 14.8 Å². The summed E-state index contributed by atoms with van der Waals surface area (Å²) in [5, 5.41) is 0. The molecule has 0 bridgehead atoms. The molecule has 2 aliphatic heterocycles. The molecule has 0 N–H and O–H groups in total. The summed E-state index contributed by atoms with van der Waals surface area (Å²) < 4.78 is 0. The molecule has 0 aromatic heterocycles. The average Bonchev–Trinajstić information content (AvgIpc) is 2.73. The van der Waals surface area contributed by atoms with Gasteiger partial charge in [0, 0.05) is 12.4 Å². The van der Waals surface area contributed by atoms with Crippen LogP contribution in [-0.4, -0.2) is 30.3 Å². The molecule has 0 saturated carbocycles. The third-order valence-corrected chi connectivity index (χ3v) is 2.28. The molecule has 0 aromatic rings. The Morgan fingerprint density at radius 1 is 0.750 bits per heavy atom. The van der Waals surface area contributed by atoms with E-state index in [0.717, 1.165) is 0 Å². The van der Waals surface area contributed by atoms with Gasteiger partial charge in [-0.1, -0.05) is 36.5 Å². The summed E-state index contributed by atoms with van der Waals surface area (Å²) in [5.41, 5.74) is 0. The zero-order valence-corrected chi connectivity index (χ0v) is 8.73. The molecule has 0 fully saturated rings. The lowest BCUT2D eigenvalue weighted by atomic mass is 10.1. The van der Waals surface area contributed by atoms with Gasteiger partial charge in [0.25, 0.3) is 0 Å². The second-order valence-electron chi connectivity index (χ2n) is 3.43. The molecule has 2 unspecified atom stereocenters. The predicted molar refractivity (Wildman–Crippen MR) is 66.1 cm³/mol. The number of Topliss-reactive ketones (excluding diaryl/α,β-unsaturated/α-hetero) is 1. The van der Waals surface area contributed by atoms with Crippen molar-refractivity contribution in [1.82, 2.24) is 0 Å². The van der Waals surface area contributed by atoms with E-state index in [2.05, 4.69) is 9.98 Å². The van der Waals surface area contributed by atoms with Crippen molar-refractivity contribution >= 4 is 18.2 Å². The summed E-state index contributed by atoms with van der Waals surface area (Å²) in [6, 6.07) is -0.861. The molecule has 0 aromatic carbocycles. The number of nitrogens with zero attached hydrogens (tertiary/aromatic N) is 2. The first-order valence-corrected chi connectivity index (χ1v) is 5.15. The Morgan fingerprint density at radius 3 is 1.75 bits per heavy atom. The Kier molecular flexibility index (Phi) is 3.38. The Balaban J connectivity index is 2.13. The molecule has 2 rings (SSSR count). The molecule has 3 heteroatoms. The van der Waals surface area contributed by atoms with Crippen LogP contribution in [-0.2, 0) is 4.79 Å². The summed E-state index contributed by atoms with van der Waals surface area (Å²) in [5.74, 6) is -0.00704. The fourth-order valence-corrected chi connectivity index (χ4v) is 1.46. The lowest BCUT2D eigenvalue weighted by Gasteiger charge is -2.09. The van der Waals surface area contributed by atoms with Crippen molar-refractivity contribution in [1.29, 1.82) is 0 Å². The zero-order valence-electron chi connectivity index (χ0n) is 8.73. The molecular formula is C13H12N2O. The fourth-order valence-electron chi connectivity index (χ4n) is 1.46. The van der Waals surface area contributed by atoms with Gasteiger partial charge in [-0.15, -0.1) is 0 Å². The number of hydrogen-bond donors (Lipinski definition) is 0. The van der Waals surface area contributed by atoms with E-state index in [1.807, 2.05) is 24.3 Å². The maximum absolute atomic E-state index is 12.1. The van der Waals surface area contributed by atoms with E-state index in [0.29, 0.717) is 0 Å². The van der Waals surface area contributed by atoms with Crippen LogP contribution in [0.5, 0.6) is 0 Å². The summed E-state index contributed by atoms with van der Waals surface area (Å²) in [7, 11) is 0. The summed E-state index contributed by atoms with van der Waals surface area (Å²) in [4.78, 5) is 20.4. The zero-order chi connectivity index (χ0) is 11.2. The quantitative estimate of drug-likeness (QED) is 0.686. The summed E-state index contributed by atoms with van der Waals surface area (Å²) in [6.07, 6.45) is 17.8. The SMILES string of the molecule is O=C(C1C=CC=CC=N1)C1C=CC=CC=N1. The molecule has 0 amide bonds. The molecule has 0 spiro atoms.